The van der Waals surface area contributed by atoms with Crippen LogP contribution in [-0.2, 0) is 20.0 Å². The van der Waals surface area contributed by atoms with Crippen LogP contribution in [0.4, 0.5) is 17.2 Å². The zero-order chi connectivity index (χ0) is 27.5. The number of sulfonamides is 2. The molecule has 3 N–H and O–H groups in total. The third-order valence-electron chi connectivity index (χ3n) is 5.57. The number of carbonyl (C=O) groups excluding carboxylic acids is 1. The summed E-state index contributed by atoms with van der Waals surface area (Å²) < 4.78 is 56.0. The van der Waals surface area contributed by atoms with Crippen LogP contribution < -0.4 is 14.8 Å². The number of rotatable bonds is 8. The van der Waals surface area contributed by atoms with Crippen molar-refractivity contribution in [2.24, 2.45) is 0 Å². The van der Waals surface area contributed by atoms with Crippen molar-refractivity contribution in [2.75, 3.05) is 14.8 Å². The third kappa shape index (κ3) is 6.31. The fourth-order valence-electron chi connectivity index (χ4n) is 3.41. The molecule has 196 valence electrons. The minimum atomic E-state index is -4.09. The summed E-state index contributed by atoms with van der Waals surface area (Å²) in [4.78, 5) is 16.5. The summed E-state index contributed by atoms with van der Waals surface area (Å²) in [5.74, 6) is -0.433. The van der Waals surface area contributed by atoms with Crippen LogP contribution in [0.3, 0.4) is 0 Å². The standard InChI is InChI=1S/C26H23ClN4O5S2/c1-17-6-8-21(15-18(17)2)30-38(35,36)24-16-19(7-13-23(24)27)26(32)29-20-9-11-22(12-10-20)37(33,34)31-25-5-3-4-14-28-25/h3-16,30H,1-2H3,(H,28,31)(H,29,32). The van der Waals surface area contributed by atoms with Crippen molar-refractivity contribution in [3.63, 3.8) is 0 Å². The normalized spacial score (nSPS) is 11.6. The lowest BCUT2D eigenvalue weighted by atomic mass is 10.1. The van der Waals surface area contributed by atoms with Gasteiger partial charge in [0.15, 0.2) is 0 Å². The maximum Gasteiger partial charge on any atom is 0.263 e. The molecule has 12 heteroatoms. The van der Waals surface area contributed by atoms with Crippen molar-refractivity contribution in [3.05, 3.63) is 107 Å². The van der Waals surface area contributed by atoms with Crippen LogP contribution in [0.5, 0.6) is 0 Å². The summed E-state index contributed by atoms with van der Waals surface area (Å²) in [7, 11) is -7.97. The molecule has 0 fully saturated rings. The molecule has 1 amide bonds. The van der Waals surface area contributed by atoms with Crippen molar-refractivity contribution < 1.29 is 21.6 Å². The molecule has 0 aliphatic rings. The van der Waals surface area contributed by atoms with Crippen molar-refractivity contribution in [1.29, 1.82) is 0 Å². The van der Waals surface area contributed by atoms with Crippen molar-refractivity contribution in [1.82, 2.24) is 4.98 Å². The molecular formula is C26H23ClN4O5S2. The Morgan fingerprint density at radius 3 is 2.13 bits per heavy atom. The first-order chi connectivity index (χ1) is 17.9. The quantitative estimate of drug-likeness (QED) is 0.266. The van der Waals surface area contributed by atoms with E-state index in [1.807, 2.05) is 13.8 Å². The Labute approximate surface area is 226 Å². The second-order valence-electron chi connectivity index (χ2n) is 8.35. The van der Waals surface area contributed by atoms with Gasteiger partial charge in [0.25, 0.3) is 26.0 Å². The lowest BCUT2D eigenvalue weighted by Gasteiger charge is -2.13. The van der Waals surface area contributed by atoms with Crippen LogP contribution in [0.25, 0.3) is 0 Å². The van der Waals surface area contributed by atoms with E-state index in [-0.39, 0.29) is 26.2 Å². The summed E-state index contributed by atoms with van der Waals surface area (Å²) >= 11 is 6.17. The lowest BCUT2D eigenvalue weighted by Crippen LogP contribution is -2.17. The molecule has 0 atom stereocenters. The van der Waals surface area contributed by atoms with Gasteiger partial charge in [0.2, 0.25) is 0 Å². The van der Waals surface area contributed by atoms with Gasteiger partial charge in [0, 0.05) is 23.1 Å². The first-order valence-corrected chi connectivity index (χ1v) is 14.5. The van der Waals surface area contributed by atoms with E-state index in [9.17, 15) is 21.6 Å². The van der Waals surface area contributed by atoms with Crippen LogP contribution in [0.2, 0.25) is 5.02 Å². The molecule has 4 rings (SSSR count). The van der Waals surface area contributed by atoms with Crippen LogP contribution in [0.15, 0.2) is 94.9 Å². The number of halogens is 1. The highest BCUT2D eigenvalue weighted by Gasteiger charge is 2.21. The van der Waals surface area contributed by atoms with Crippen LogP contribution >= 0.6 is 11.6 Å². The Morgan fingerprint density at radius 2 is 1.47 bits per heavy atom. The van der Waals surface area contributed by atoms with Gasteiger partial charge in [-0.1, -0.05) is 23.7 Å². The number of aromatic nitrogens is 1. The smallest absolute Gasteiger partial charge is 0.263 e. The summed E-state index contributed by atoms with van der Waals surface area (Å²) in [6.07, 6.45) is 1.46. The number of pyridine rings is 1. The number of benzene rings is 3. The number of aryl methyl sites for hydroxylation is 2. The van der Waals surface area contributed by atoms with E-state index in [1.165, 1.54) is 54.7 Å². The second-order valence-corrected chi connectivity index (χ2v) is 12.1. The molecule has 0 aliphatic carbocycles. The number of hydrogen-bond acceptors (Lipinski definition) is 6. The molecular weight excluding hydrogens is 548 g/mol. The molecule has 38 heavy (non-hydrogen) atoms. The molecule has 0 saturated heterocycles. The molecule has 0 bridgehead atoms. The van der Waals surface area contributed by atoms with E-state index in [0.29, 0.717) is 11.4 Å². The van der Waals surface area contributed by atoms with E-state index in [2.05, 4.69) is 19.7 Å². The molecule has 0 aliphatic heterocycles. The molecule has 0 radical (unpaired) electrons. The predicted molar refractivity (Wildman–Crippen MR) is 148 cm³/mol. The first kappa shape index (κ1) is 27.1. The summed E-state index contributed by atoms with van der Waals surface area (Å²) in [5.41, 5.74) is 2.64. The molecule has 0 spiro atoms. The summed E-state index contributed by atoms with van der Waals surface area (Å²) in [5, 5.41) is 2.57. The fraction of sp³-hybridized carbons (Fsp3) is 0.0769. The Kier molecular flexibility index (Phi) is 7.72. The van der Waals surface area contributed by atoms with Gasteiger partial charge in [0.05, 0.1) is 9.92 Å². The largest absolute Gasteiger partial charge is 0.322 e. The minimum absolute atomic E-state index is 0.0292. The zero-order valence-corrected chi connectivity index (χ0v) is 22.7. The van der Waals surface area contributed by atoms with E-state index in [0.717, 1.165) is 11.1 Å². The van der Waals surface area contributed by atoms with E-state index in [1.54, 1.807) is 30.3 Å². The van der Waals surface area contributed by atoms with Crippen molar-refractivity contribution in [2.45, 2.75) is 23.6 Å². The van der Waals surface area contributed by atoms with Gasteiger partial charge in [-0.05, 0) is 91.7 Å². The SMILES string of the molecule is Cc1ccc(NS(=O)(=O)c2cc(C(=O)Nc3ccc(S(=O)(=O)Nc4ccccn4)cc3)ccc2Cl)cc1C. The van der Waals surface area contributed by atoms with Gasteiger partial charge in [-0.2, -0.15) is 0 Å². The highest BCUT2D eigenvalue weighted by molar-refractivity contribution is 7.93. The molecule has 4 aromatic rings. The summed E-state index contributed by atoms with van der Waals surface area (Å²) in [6.45, 7) is 3.78. The van der Waals surface area contributed by atoms with Crippen molar-refractivity contribution >= 4 is 54.7 Å². The topological polar surface area (TPSA) is 134 Å². The van der Waals surface area contributed by atoms with Gasteiger partial charge in [-0.25, -0.2) is 21.8 Å². The predicted octanol–water partition coefficient (Wildman–Crippen LogP) is 5.21. The third-order valence-corrected chi connectivity index (χ3v) is 8.80. The summed E-state index contributed by atoms with van der Waals surface area (Å²) in [6, 6.07) is 19.3. The highest BCUT2D eigenvalue weighted by Crippen LogP contribution is 2.26. The van der Waals surface area contributed by atoms with Gasteiger partial charge in [0.1, 0.15) is 10.7 Å². The van der Waals surface area contributed by atoms with Crippen LogP contribution in [0.1, 0.15) is 21.5 Å². The first-order valence-electron chi connectivity index (χ1n) is 11.2. The molecule has 1 aromatic heterocycles. The Balaban J connectivity index is 1.50. The van der Waals surface area contributed by atoms with Crippen LogP contribution in [0, 0.1) is 13.8 Å². The van der Waals surface area contributed by atoms with E-state index < -0.39 is 26.0 Å². The van der Waals surface area contributed by atoms with Crippen molar-refractivity contribution in [3.8, 4) is 0 Å². The molecule has 9 nitrogen and oxygen atoms in total. The average Bonchev–Trinajstić information content (AvgIpc) is 2.87. The molecule has 0 saturated carbocycles. The fourth-order valence-corrected chi connectivity index (χ4v) is 5.99. The van der Waals surface area contributed by atoms with Gasteiger partial charge in [-0.3, -0.25) is 14.2 Å². The van der Waals surface area contributed by atoms with Gasteiger partial charge in [-0.15, -0.1) is 0 Å². The highest BCUT2D eigenvalue weighted by atomic mass is 35.5. The van der Waals surface area contributed by atoms with Crippen LogP contribution in [-0.4, -0.2) is 27.7 Å². The number of anilines is 3. The van der Waals surface area contributed by atoms with E-state index in [4.69, 9.17) is 11.6 Å². The number of amides is 1. The Hall–Kier alpha value is -3.93. The van der Waals surface area contributed by atoms with E-state index >= 15 is 0 Å². The monoisotopic (exact) mass is 570 g/mol. The molecule has 0 unspecified atom stereocenters. The molecule has 3 aromatic carbocycles. The lowest BCUT2D eigenvalue weighted by molar-refractivity contribution is 0.102. The maximum atomic E-state index is 13.0. The minimum Gasteiger partial charge on any atom is -0.322 e. The number of nitrogens with zero attached hydrogens (tertiary/aromatic N) is 1. The van der Waals surface area contributed by atoms with Gasteiger partial charge >= 0.3 is 0 Å². The number of hydrogen-bond donors (Lipinski definition) is 3. The average molecular weight is 571 g/mol. The zero-order valence-electron chi connectivity index (χ0n) is 20.3. The van der Waals surface area contributed by atoms with Gasteiger partial charge < -0.3 is 5.32 Å². The second kappa shape index (κ2) is 10.8. The maximum absolute atomic E-state index is 13.0. The number of nitrogens with one attached hydrogen (secondary N) is 3. The Bertz CT molecular complexity index is 1710. The molecule has 1 heterocycles. The Morgan fingerprint density at radius 1 is 0.763 bits per heavy atom. The number of carbonyl (C=O) groups is 1.